The minimum Gasteiger partial charge on any atom is -0.467 e. The predicted molar refractivity (Wildman–Crippen MR) is 105 cm³/mol. The Kier molecular flexibility index (Phi) is 5.38. The summed E-state index contributed by atoms with van der Waals surface area (Å²) in [4.78, 5) is 40.1. The van der Waals surface area contributed by atoms with Gasteiger partial charge < -0.3 is 20.0 Å². The zero-order chi connectivity index (χ0) is 19.5. The van der Waals surface area contributed by atoms with Gasteiger partial charge in [0, 0.05) is 23.9 Å². The number of hydrogen-bond donors (Lipinski definition) is 2. The van der Waals surface area contributed by atoms with Gasteiger partial charge in [0.1, 0.15) is 5.76 Å². The number of nitrogens with one attached hydrogen (secondary N) is 2. The molecule has 2 N–H and O–H groups in total. The Hall–Kier alpha value is -2.74. The summed E-state index contributed by atoms with van der Waals surface area (Å²) in [6.07, 6.45) is 2.75. The van der Waals surface area contributed by atoms with Gasteiger partial charge in [-0.2, -0.15) is 0 Å². The first-order valence-corrected chi connectivity index (χ1v) is 10.2. The van der Waals surface area contributed by atoms with Crippen LogP contribution in [-0.2, 0) is 20.9 Å². The van der Waals surface area contributed by atoms with Crippen molar-refractivity contribution >= 4 is 35.2 Å². The molecule has 146 valence electrons. The molecule has 3 amide bonds. The minimum atomic E-state index is -0.778. The highest BCUT2D eigenvalue weighted by Gasteiger charge is 2.37. The van der Waals surface area contributed by atoms with E-state index in [4.69, 9.17) is 4.42 Å². The molecule has 3 heterocycles. The smallest absolute Gasteiger partial charge is 0.247 e. The number of carbonyl (C=O) groups excluding carboxylic acids is 3. The Labute approximate surface area is 166 Å². The standard InChI is InChI=1S/C20H21N3O4S/c24-18(21-12-14-4-3-11-27-14)13-7-9-23(10-8-13)20(26)17-19(25)22-15-5-1-2-6-16(15)28-17/h1-6,11,13,17H,7-10,12H2,(H,21,24)(H,22,25)/t17-/m1/s1. The van der Waals surface area contributed by atoms with Crippen molar-refractivity contribution in [3.05, 3.63) is 48.4 Å². The number of benzene rings is 1. The summed E-state index contributed by atoms with van der Waals surface area (Å²) < 4.78 is 5.21. The third-order valence-electron chi connectivity index (χ3n) is 5.05. The Morgan fingerprint density at radius 2 is 1.96 bits per heavy atom. The minimum absolute atomic E-state index is 0.0257. The maximum Gasteiger partial charge on any atom is 0.247 e. The largest absolute Gasteiger partial charge is 0.467 e. The number of hydrogen-bond acceptors (Lipinski definition) is 5. The molecule has 4 rings (SSSR count). The number of amides is 3. The number of carbonyl (C=O) groups is 3. The molecule has 1 atom stereocenters. The van der Waals surface area contributed by atoms with Gasteiger partial charge in [0.2, 0.25) is 17.7 Å². The first-order valence-electron chi connectivity index (χ1n) is 9.27. The van der Waals surface area contributed by atoms with E-state index in [1.807, 2.05) is 30.3 Å². The average molecular weight is 399 g/mol. The Morgan fingerprint density at radius 1 is 1.18 bits per heavy atom. The molecule has 2 aliphatic rings. The van der Waals surface area contributed by atoms with Crippen molar-refractivity contribution in [1.29, 1.82) is 0 Å². The molecule has 0 radical (unpaired) electrons. The van der Waals surface area contributed by atoms with E-state index in [9.17, 15) is 14.4 Å². The van der Waals surface area contributed by atoms with Gasteiger partial charge in [0.25, 0.3) is 0 Å². The second kappa shape index (κ2) is 8.10. The van der Waals surface area contributed by atoms with Crippen molar-refractivity contribution in [2.24, 2.45) is 5.92 Å². The van der Waals surface area contributed by atoms with E-state index < -0.39 is 5.25 Å². The van der Waals surface area contributed by atoms with Gasteiger partial charge in [0.15, 0.2) is 5.25 Å². The van der Waals surface area contributed by atoms with Gasteiger partial charge in [-0.25, -0.2) is 0 Å². The summed E-state index contributed by atoms with van der Waals surface area (Å²) in [6, 6.07) is 11.1. The summed E-state index contributed by atoms with van der Waals surface area (Å²) in [5.41, 5.74) is 0.744. The van der Waals surface area contributed by atoms with Crippen molar-refractivity contribution < 1.29 is 18.8 Å². The topological polar surface area (TPSA) is 91.7 Å². The number of rotatable bonds is 4. The molecule has 0 aliphatic carbocycles. The molecule has 0 saturated carbocycles. The van der Waals surface area contributed by atoms with Crippen LogP contribution in [0.2, 0.25) is 0 Å². The average Bonchev–Trinajstić information content (AvgIpc) is 3.25. The van der Waals surface area contributed by atoms with Gasteiger partial charge in [-0.1, -0.05) is 12.1 Å². The van der Waals surface area contributed by atoms with Gasteiger partial charge in [-0.15, -0.1) is 11.8 Å². The molecule has 2 aromatic rings. The van der Waals surface area contributed by atoms with E-state index in [2.05, 4.69) is 10.6 Å². The lowest BCUT2D eigenvalue weighted by Gasteiger charge is -2.34. The molecule has 7 nitrogen and oxygen atoms in total. The number of furan rings is 1. The highest BCUT2D eigenvalue weighted by atomic mass is 32.2. The van der Waals surface area contributed by atoms with Crippen molar-refractivity contribution in [2.45, 2.75) is 29.5 Å². The van der Waals surface area contributed by atoms with Gasteiger partial charge in [0.05, 0.1) is 18.5 Å². The SMILES string of the molecule is O=C(NCc1ccco1)C1CCN(C(=O)[C@@H]2Sc3ccccc3NC2=O)CC1. The summed E-state index contributed by atoms with van der Waals surface area (Å²) in [5.74, 6) is 0.0785. The molecule has 2 aliphatic heterocycles. The van der Waals surface area contributed by atoms with Gasteiger partial charge in [-0.3, -0.25) is 14.4 Å². The van der Waals surface area contributed by atoms with Gasteiger partial charge in [-0.05, 0) is 37.1 Å². The van der Waals surface area contributed by atoms with Crippen LogP contribution in [0.4, 0.5) is 5.69 Å². The van der Waals surface area contributed by atoms with Crippen molar-refractivity contribution in [3.8, 4) is 0 Å². The summed E-state index contributed by atoms with van der Waals surface area (Å²) in [5, 5.41) is 4.90. The normalized spacial score (nSPS) is 19.6. The molecular weight excluding hydrogens is 378 g/mol. The predicted octanol–water partition coefficient (Wildman–Crippen LogP) is 2.25. The first kappa shape index (κ1) is 18.6. The number of anilines is 1. The van der Waals surface area contributed by atoms with Gasteiger partial charge >= 0.3 is 0 Å². The van der Waals surface area contributed by atoms with E-state index in [1.165, 1.54) is 11.8 Å². The van der Waals surface area contributed by atoms with Crippen LogP contribution in [0.5, 0.6) is 0 Å². The van der Waals surface area contributed by atoms with E-state index in [-0.39, 0.29) is 23.6 Å². The van der Waals surface area contributed by atoms with E-state index in [1.54, 1.807) is 17.2 Å². The molecule has 0 spiro atoms. The zero-order valence-electron chi connectivity index (χ0n) is 15.2. The summed E-state index contributed by atoms with van der Waals surface area (Å²) in [6.45, 7) is 1.32. The number of fused-ring (bicyclic) bond motifs is 1. The second-order valence-electron chi connectivity index (χ2n) is 6.88. The van der Waals surface area contributed by atoms with Crippen molar-refractivity contribution in [3.63, 3.8) is 0 Å². The number of likely N-dealkylation sites (tertiary alicyclic amines) is 1. The lowest BCUT2D eigenvalue weighted by molar-refractivity contribution is -0.137. The number of thioether (sulfide) groups is 1. The quantitative estimate of drug-likeness (QED) is 0.770. The molecule has 1 aromatic heterocycles. The molecular formula is C20H21N3O4S. The van der Waals surface area contributed by atoms with Crippen LogP contribution in [0, 0.1) is 5.92 Å². The fraction of sp³-hybridized carbons (Fsp3) is 0.350. The molecule has 1 aromatic carbocycles. The van der Waals surface area contributed by atoms with Crippen LogP contribution in [0.25, 0.3) is 0 Å². The van der Waals surface area contributed by atoms with Crippen LogP contribution in [0.1, 0.15) is 18.6 Å². The van der Waals surface area contributed by atoms with Crippen LogP contribution in [0.3, 0.4) is 0 Å². The van der Waals surface area contributed by atoms with Crippen LogP contribution < -0.4 is 10.6 Å². The molecule has 0 unspecified atom stereocenters. The number of para-hydroxylation sites is 1. The third kappa shape index (κ3) is 3.91. The summed E-state index contributed by atoms with van der Waals surface area (Å²) in [7, 11) is 0. The van der Waals surface area contributed by atoms with Crippen molar-refractivity contribution in [1.82, 2.24) is 10.2 Å². The van der Waals surface area contributed by atoms with Crippen LogP contribution in [-0.4, -0.2) is 41.0 Å². The highest BCUT2D eigenvalue weighted by Crippen LogP contribution is 2.36. The lowest BCUT2D eigenvalue weighted by atomic mass is 9.95. The van der Waals surface area contributed by atoms with Crippen molar-refractivity contribution in [2.75, 3.05) is 18.4 Å². The van der Waals surface area contributed by atoms with E-state index >= 15 is 0 Å². The van der Waals surface area contributed by atoms with E-state index in [0.29, 0.717) is 38.2 Å². The molecule has 1 saturated heterocycles. The number of piperidine rings is 1. The Morgan fingerprint density at radius 3 is 2.71 bits per heavy atom. The Bertz CT molecular complexity index is 875. The molecule has 8 heteroatoms. The monoisotopic (exact) mass is 399 g/mol. The molecule has 0 bridgehead atoms. The maximum atomic E-state index is 12.9. The maximum absolute atomic E-state index is 12.9. The molecule has 28 heavy (non-hydrogen) atoms. The zero-order valence-corrected chi connectivity index (χ0v) is 16.0. The third-order valence-corrected chi connectivity index (χ3v) is 6.31. The fourth-order valence-electron chi connectivity index (χ4n) is 3.47. The fourth-order valence-corrected chi connectivity index (χ4v) is 4.55. The van der Waals surface area contributed by atoms with Crippen LogP contribution >= 0.6 is 11.8 Å². The lowest BCUT2D eigenvalue weighted by Crippen LogP contribution is -2.49. The highest BCUT2D eigenvalue weighted by molar-refractivity contribution is 8.01. The second-order valence-corrected chi connectivity index (χ2v) is 8.03. The molecule has 1 fully saturated rings. The van der Waals surface area contributed by atoms with E-state index in [0.717, 1.165) is 10.6 Å². The number of nitrogens with zero attached hydrogens (tertiary/aromatic N) is 1. The first-order chi connectivity index (χ1) is 13.6. The Balaban J connectivity index is 1.30. The van der Waals surface area contributed by atoms with Crippen LogP contribution in [0.15, 0.2) is 52.0 Å². The summed E-state index contributed by atoms with van der Waals surface area (Å²) >= 11 is 1.29.